The van der Waals surface area contributed by atoms with Crippen LogP contribution in [0.1, 0.15) is 81.0 Å². The van der Waals surface area contributed by atoms with Crippen molar-refractivity contribution in [3.63, 3.8) is 0 Å². The molecule has 2 aromatic heterocycles. The smallest absolute Gasteiger partial charge is 0.362 e. The number of carbonyl (C=O) groups excluding carboxylic acids is 1. The van der Waals surface area contributed by atoms with E-state index in [1.165, 1.54) is 64.8 Å². The predicted octanol–water partition coefficient (Wildman–Crippen LogP) is 7.59. The number of allylic oxidation sites excluding steroid dienone is 2. The lowest BCUT2D eigenvalue weighted by molar-refractivity contribution is -0.855. The first-order valence-corrected chi connectivity index (χ1v) is 17.8. The molecule has 0 spiro atoms. The SMILES string of the molecule is C/C=C1\[C@@H]2C=C(C)CC1(N)c1ccc(OC(=O)[N+]3(CC)CCN(c4cc(-c5ccc(C)cc5)c5c(n4)CCCCCC5)CC3)nc1C2. The summed E-state index contributed by atoms with van der Waals surface area (Å²) >= 11 is 0. The van der Waals surface area contributed by atoms with Crippen LogP contribution in [0.15, 0.2) is 65.8 Å². The third kappa shape index (κ3) is 5.82. The minimum Gasteiger partial charge on any atom is -0.362 e. The van der Waals surface area contributed by atoms with Crippen LogP contribution in [-0.4, -0.2) is 53.3 Å². The van der Waals surface area contributed by atoms with E-state index in [-0.39, 0.29) is 16.5 Å². The van der Waals surface area contributed by atoms with E-state index in [1.807, 2.05) is 12.1 Å². The Morgan fingerprint density at radius 2 is 1.77 bits per heavy atom. The molecule has 1 unspecified atom stereocenters. The molecule has 1 aromatic carbocycles. The minimum absolute atomic E-state index is 0.227. The Balaban J connectivity index is 1.10. The van der Waals surface area contributed by atoms with Crippen molar-refractivity contribution in [2.45, 2.75) is 84.6 Å². The molecule has 3 aromatic rings. The number of piperazine rings is 1. The maximum absolute atomic E-state index is 13.9. The number of aromatic nitrogens is 2. The van der Waals surface area contributed by atoms with Crippen LogP contribution in [-0.2, 0) is 24.8 Å². The molecular weight excluding hydrogens is 582 g/mol. The number of likely N-dealkylation sites (N-methyl/N-ethyl adjacent to an activating group) is 1. The summed E-state index contributed by atoms with van der Waals surface area (Å²) in [7, 11) is 0. The highest BCUT2D eigenvalue weighted by Crippen LogP contribution is 2.48. The number of amides is 1. The molecule has 3 heterocycles. The topological polar surface area (TPSA) is 81.3 Å². The van der Waals surface area contributed by atoms with Gasteiger partial charge in [-0.25, -0.2) is 14.5 Å². The van der Waals surface area contributed by atoms with E-state index in [0.717, 1.165) is 55.8 Å². The van der Waals surface area contributed by atoms with E-state index in [0.29, 0.717) is 25.5 Å². The van der Waals surface area contributed by atoms with Crippen LogP contribution in [0.5, 0.6) is 5.88 Å². The van der Waals surface area contributed by atoms with Gasteiger partial charge in [0.2, 0.25) is 5.88 Å². The molecule has 7 heteroatoms. The van der Waals surface area contributed by atoms with E-state index >= 15 is 0 Å². The number of rotatable bonds is 4. The zero-order valence-electron chi connectivity index (χ0n) is 28.6. The number of pyridine rings is 2. The summed E-state index contributed by atoms with van der Waals surface area (Å²) < 4.78 is 6.37. The van der Waals surface area contributed by atoms with Gasteiger partial charge in [0.05, 0.1) is 30.9 Å². The molecule has 4 aliphatic rings. The first-order chi connectivity index (χ1) is 22.7. The number of anilines is 1. The summed E-state index contributed by atoms with van der Waals surface area (Å²) in [6.45, 7) is 12.0. The van der Waals surface area contributed by atoms with Crippen molar-refractivity contribution >= 4 is 11.9 Å². The number of aryl methyl sites for hydroxylation is 2. The number of nitrogens with zero attached hydrogens (tertiary/aromatic N) is 4. The molecule has 246 valence electrons. The Bertz CT molecular complexity index is 1730. The van der Waals surface area contributed by atoms with Crippen molar-refractivity contribution in [1.29, 1.82) is 0 Å². The Morgan fingerprint density at radius 3 is 2.49 bits per heavy atom. The van der Waals surface area contributed by atoms with E-state index in [4.69, 9.17) is 20.4 Å². The van der Waals surface area contributed by atoms with E-state index in [2.05, 4.69) is 75.1 Å². The molecule has 47 heavy (non-hydrogen) atoms. The minimum atomic E-state index is -0.544. The summed E-state index contributed by atoms with van der Waals surface area (Å²) in [6, 6.07) is 15.1. The lowest BCUT2D eigenvalue weighted by Gasteiger charge is -2.45. The standard InChI is InChI=1S/C40H50N5O2/c1-5-33-30-23-28(4)26-40(33,41)34-17-18-38(43-36(34)24-30)47-39(46)45(6-2)21-19-44(20-22-45)37-25-32(29-15-13-27(3)14-16-29)31-11-9-7-8-10-12-35(31)42-37/h5,13-18,23,25,30H,6-12,19-22,24,26,41H2,1-4H3/q+1/b33-5+/t30-,40?/m1/s1. The summed E-state index contributed by atoms with van der Waals surface area (Å²) in [6.07, 6.45) is 12.9. The molecule has 0 saturated carbocycles. The first-order valence-electron chi connectivity index (χ1n) is 17.8. The number of quaternary nitrogens is 1. The van der Waals surface area contributed by atoms with Crippen LogP contribution >= 0.6 is 0 Å². The van der Waals surface area contributed by atoms with Crippen LogP contribution in [0, 0.1) is 12.8 Å². The Labute approximate surface area is 280 Å². The van der Waals surface area contributed by atoms with Crippen LogP contribution in [0.25, 0.3) is 11.1 Å². The molecule has 1 amide bonds. The molecule has 2 N–H and O–H groups in total. The highest BCUT2D eigenvalue weighted by Gasteiger charge is 2.45. The summed E-state index contributed by atoms with van der Waals surface area (Å²) in [5, 5.41) is 0. The van der Waals surface area contributed by atoms with Gasteiger partial charge in [0.1, 0.15) is 18.9 Å². The number of hydrogen-bond donors (Lipinski definition) is 1. The third-order valence-electron chi connectivity index (χ3n) is 11.4. The number of ether oxygens (including phenoxy) is 1. The number of nitrogens with two attached hydrogens (primary N) is 1. The molecule has 1 aliphatic heterocycles. The average molecular weight is 633 g/mol. The Kier molecular flexibility index (Phi) is 8.56. The summed E-state index contributed by atoms with van der Waals surface area (Å²) in [4.78, 5) is 26.4. The molecule has 7 rings (SSSR count). The lowest BCUT2D eigenvalue weighted by Crippen LogP contribution is -2.63. The fourth-order valence-corrected chi connectivity index (χ4v) is 8.65. The highest BCUT2D eigenvalue weighted by atomic mass is 16.6. The van der Waals surface area contributed by atoms with Crippen molar-refractivity contribution < 1.29 is 14.0 Å². The van der Waals surface area contributed by atoms with Gasteiger partial charge in [-0.2, -0.15) is 4.79 Å². The fraction of sp³-hybridized carbons (Fsp3) is 0.475. The normalized spacial score (nSPS) is 24.4. The number of benzene rings is 1. The zero-order valence-corrected chi connectivity index (χ0v) is 28.6. The quantitative estimate of drug-likeness (QED) is 0.236. The Morgan fingerprint density at radius 1 is 1.02 bits per heavy atom. The maximum atomic E-state index is 13.9. The van der Waals surface area contributed by atoms with Gasteiger partial charge in [-0.1, -0.05) is 60.4 Å². The molecule has 7 nitrogen and oxygen atoms in total. The van der Waals surface area contributed by atoms with E-state index < -0.39 is 5.54 Å². The van der Waals surface area contributed by atoms with Crippen molar-refractivity contribution in [3.05, 3.63) is 93.8 Å². The van der Waals surface area contributed by atoms with Gasteiger partial charge >= 0.3 is 6.09 Å². The van der Waals surface area contributed by atoms with Crippen molar-refractivity contribution in [2.24, 2.45) is 11.7 Å². The van der Waals surface area contributed by atoms with Crippen LogP contribution in [0.4, 0.5) is 10.6 Å². The molecule has 3 aliphatic carbocycles. The molecule has 1 fully saturated rings. The van der Waals surface area contributed by atoms with Crippen LogP contribution < -0.4 is 15.4 Å². The molecule has 0 radical (unpaired) electrons. The highest BCUT2D eigenvalue weighted by molar-refractivity contribution is 5.72. The van der Waals surface area contributed by atoms with Gasteiger partial charge in [-0.3, -0.25) is 0 Å². The second-order valence-corrected chi connectivity index (χ2v) is 14.4. The zero-order chi connectivity index (χ0) is 32.8. The molecule has 2 bridgehead atoms. The predicted molar refractivity (Wildman–Crippen MR) is 188 cm³/mol. The van der Waals surface area contributed by atoms with Crippen molar-refractivity contribution in [3.8, 4) is 17.0 Å². The van der Waals surface area contributed by atoms with Gasteiger partial charge in [-0.15, -0.1) is 0 Å². The number of hydrogen-bond acceptors (Lipinski definition) is 6. The summed E-state index contributed by atoms with van der Waals surface area (Å²) in [5.74, 6) is 1.65. The lowest BCUT2D eigenvalue weighted by atomic mass is 9.63. The monoisotopic (exact) mass is 632 g/mol. The van der Waals surface area contributed by atoms with Gasteiger partial charge in [-0.05, 0) is 99.8 Å². The molecule has 1 saturated heterocycles. The van der Waals surface area contributed by atoms with Gasteiger partial charge < -0.3 is 15.4 Å². The van der Waals surface area contributed by atoms with Crippen molar-refractivity contribution in [2.75, 3.05) is 37.6 Å². The number of carbonyl (C=O) groups is 1. The average Bonchev–Trinajstić information content (AvgIpc) is 3.04. The van der Waals surface area contributed by atoms with E-state index in [1.54, 1.807) is 0 Å². The van der Waals surface area contributed by atoms with Crippen LogP contribution in [0.3, 0.4) is 0 Å². The third-order valence-corrected chi connectivity index (χ3v) is 11.4. The summed E-state index contributed by atoms with van der Waals surface area (Å²) in [5.41, 5.74) is 17.6. The molecular formula is C40H50N5O2+. The fourth-order valence-electron chi connectivity index (χ4n) is 8.65. The molecule has 2 atom stereocenters. The van der Waals surface area contributed by atoms with Crippen molar-refractivity contribution in [1.82, 2.24) is 9.97 Å². The second-order valence-electron chi connectivity index (χ2n) is 14.4. The van der Waals surface area contributed by atoms with E-state index in [9.17, 15) is 4.79 Å². The van der Waals surface area contributed by atoms with Crippen LogP contribution in [0.2, 0.25) is 0 Å². The largest absolute Gasteiger partial charge is 0.522 e. The van der Waals surface area contributed by atoms with Gasteiger partial charge in [0, 0.05) is 24.1 Å². The Hall–Kier alpha value is -3.81. The van der Waals surface area contributed by atoms with Gasteiger partial charge in [0.25, 0.3) is 0 Å². The maximum Gasteiger partial charge on any atom is 0.522 e. The second kappa shape index (κ2) is 12.7. The van der Waals surface area contributed by atoms with Gasteiger partial charge in [0.15, 0.2) is 0 Å². The number of fused-ring (bicyclic) bond motifs is 5. The first kappa shape index (κ1) is 31.8.